The molecule has 1 aromatic heterocycles. The fraction of sp³-hybridized carbons (Fsp3) is 0.636. The van der Waals surface area contributed by atoms with E-state index in [2.05, 4.69) is 15.4 Å². The molecule has 0 amide bonds. The molecule has 1 unspecified atom stereocenters. The first-order valence-corrected chi connectivity index (χ1v) is 5.72. The van der Waals surface area contributed by atoms with E-state index in [1.807, 2.05) is 18.9 Å². The van der Waals surface area contributed by atoms with E-state index >= 15 is 0 Å². The molecule has 1 heterocycles. The summed E-state index contributed by atoms with van der Waals surface area (Å²) >= 11 is 0. The fourth-order valence-electron chi connectivity index (χ4n) is 1.69. The van der Waals surface area contributed by atoms with Gasteiger partial charge in [-0.05, 0) is 14.0 Å². The summed E-state index contributed by atoms with van der Waals surface area (Å²) in [5.41, 5.74) is 3.35. The summed E-state index contributed by atoms with van der Waals surface area (Å²) in [5.74, 6) is 6.58. The Morgan fingerprint density at radius 2 is 2.28 bits per heavy atom. The van der Waals surface area contributed by atoms with Crippen molar-refractivity contribution in [1.82, 2.24) is 14.9 Å². The van der Waals surface area contributed by atoms with Crippen LogP contribution < -0.4 is 11.3 Å². The number of hydrazine groups is 1. The molecule has 4 N–H and O–H groups in total. The van der Waals surface area contributed by atoms with Gasteiger partial charge in [0.2, 0.25) is 0 Å². The van der Waals surface area contributed by atoms with Gasteiger partial charge in [0.05, 0.1) is 19.3 Å². The van der Waals surface area contributed by atoms with Crippen molar-refractivity contribution in [2.75, 3.05) is 32.7 Å². The molecular formula is C11H21N5O2. The summed E-state index contributed by atoms with van der Waals surface area (Å²) in [6.45, 7) is 3.23. The largest absolute Gasteiger partial charge is 0.389 e. The van der Waals surface area contributed by atoms with Crippen molar-refractivity contribution in [3.8, 4) is 0 Å². The molecule has 1 atom stereocenters. The third-order valence-corrected chi connectivity index (χ3v) is 2.34. The van der Waals surface area contributed by atoms with E-state index in [0.29, 0.717) is 31.3 Å². The predicted octanol–water partition coefficient (Wildman–Crippen LogP) is -0.490. The van der Waals surface area contributed by atoms with Crippen molar-refractivity contribution in [2.45, 2.75) is 19.6 Å². The molecule has 0 saturated carbocycles. The van der Waals surface area contributed by atoms with Crippen LogP contribution in [0.1, 0.15) is 11.5 Å². The Balaban J connectivity index is 2.58. The molecule has 102 valence electrons. The molecule has 1 rings (SSSR count). The average Bonchev–Trinajstić information content (AvgIpc) is 2.27. The van der Waals surface area contributed by atoms with Crippen LogP contribution in [0.2, 0.25) is 0 Å². The molecule has 0 fully saturated rings. The number of nitrogens with two attached hydrogens (primary N) is 1. The quantitative estimate of drug-likeness (QED) is 0.447. The Kier molecular flexibility index (Phi) is 5.93. The van der Waals surface area contributed by atoms with Gasteiger partial charge in [0, 0.05) is 25.4 Å². The summed E-state index contributed by atoms with van der Waals surface area (Å²) in [5, 5.41) is 9.61. The third-order valence-electron chi connectivity index (χ3n) is 2.34. The SMILES string of the molecule is COCC(O)CN(C)Cc1nc(C)cc(NN)n1. The van der Waals surface area contributed by atoms with Crippen LogP contribution in [0.15, 0.2) is 6.07 Å². The number of aliphatic hydroxyl groups excluding tert-OH is 1. The molecule has 0 radical (unpaired) electrons. The van der Waals surface area contributed by atoms with Crippen molar-refractivity contribution in [3.05, 3.63) is 17.6 Å². The number of anilines is 1. The van der Waals surface area contributed by atoms with Crippen LogP contribution in [0.25, 0.3) is 0 Å². The number of hydrogen-bond acceptors (Lipinski definition) is 7. The monoisotopic (exact) mass is 255 g/mol. The van der Waals surface area contributed by atoms with E-state index in [1.54, 1.807) is 13.2 Å². The molecule has 0 aliphatic rings. The minimum atomic E-state index is -0.517. The Morgan fingerprint density at radius 3 is 2.89 bits per heavy atom. The lowest BCUT2D eigenvalue weighted by Crippen LogP contribution is -2.32. The molecule has 7 heteroatoms. The van der Waals surface area contributed by atoms with E-state index in [4.69, 9.17) is 10.6 Å². The molecular weight excluding hydrogens is 234 g/mol. The number of nitrogens with zero attached hydrogens (tertiary/aromatic N) is 3. The molecule has 0 aromatic carbocycles. The second-order valence-electron chi connectivity index (χ2n) is 4.26. The zero-order valence-corrected chi connectivity index (χ0v) is 11.1. The minimum Gasteiger partial charge on any atom is -0.389 e. The normalized spacial score (nSPS) is 12.8. The number of ether oxygens (including phenoxy) is 1. The van der Waals surface area contributed by atoms with Crippen molar-refractivity contribution >= 4 is 5.82 Å². The number of nitrogen functional groups attached to an aromatic ring is 1. The first kappa shape index (κ1) is 14.8. The molecule has 0 saturated heterocycles. The number of aryl methyl sites for hydroxylation is 1. The topological polar surface area (TPSA) is 96.5 Å². The summed E-state index contributed by atoms with van der Waals surface area (Å²) in [6, 6.07) is 1.77. The van der Waals surface area contributed by atoms with Gasteiger partial charge >= 0.3 is 0 Å². The molecule has 7 nitrogen and oxygen atoms in total. The Bertz CT molecular complexity index is 374. The van der Waals surface area contributed by atoms with E-state index in [1.165, 1.54) is 0 Å². The van der Waals surface area contributed by atoms with Crippen LogP contribution in [0.5, 0.6) is 0 Å². The van der Waals surface area contributed by atoms with E-state index in [9.17, 15) is 5.11 Å². The van der Waals surface area contributed by atoms with E-state index < -0.39 is 6.10 Å². The van der Waals surface area contributed by atoms with Crippen molar-refractivity contribution < 1.29 is 9.84 Å². The third kappa shape index (κ3) is 4.92. The summed E-state index contributed by atoms with van der Waals surface area (Å²) < 4.78 is 4.88. The highest BCUT2D eigenvalue weighted by molar-refractivity contribution is 5.33. The predicted molar refractivity (Wildman–Crippen MR) is 68.8 cm³/mol. The lowest BCUT2D eigenvalue weighted by Gasteiger charge is -2.19. The zero-order chi connectivity index (χ0) is 13.5. The van der Waals surface area contributed by atoms with Gasteiger partial charge in [-0.2, -0.15) is 0 Å². The van der Waals surface area contributed by atoms with Gasteiger partial charge in [-0.3, -0.25) is 4.90 Å². The molecule has 0 spiro atoms. The first-order chi connectivity index (χ1) is 8.55. The second kappa shape index (κ2) is 7.22. The molecule has 0 aliphatic carbocycles. The summed E-state index contributed by atoms with van der Waals surface area (Å²) in [4.78, 5) is 10.5. The lowest BCUT2D eigenvalue weighted by atomic mass is 10.3. The number of methoxy groups -OCH3 is 1. The number of aliphatic hydroxyl groups is 1. The molecule has 0 bridgehead atoms. The van der Waals surface area contributed by atoms with Crippen LogP contribution in [0, 0.1) is 6.92 Å². The van der Waals surface area contributed by atoms with Crippen molar-refractivity contribution in [3.63, 3.8) is 0 Å². The summed E-state index contributed by atoms with van der Waals surface area (Å²) in [6.07, 6.45) is -0.517. The number of hydrogen-bond donors (Lipinski definition) is 3. The Labute approximate surface area is 107 Å². The number of likely N-dealkylation sites (N-methyl/N-ethyl adjacent to an activating group) is 1. The highest BCUT2D eigenvalue weighted by Gasteiger charge is 2.10. The van der Waals surface area contributed by atoms with Gasteiger partial charge in [0.15, 0.2) is 0 Å². The standard InChI is InChI=1S/C11H21N5O2/c1-8-4-10(15-12)14-11(13-8)6-16(2)5-9(17)7-18-3/h4,9,17H,5-7,12H2,1-3H3,(H,13,14,15). The van der Waals surface area contributed by atoms with Gasteiger partial charge < -0.3 is 15.3 Å². The average molecular weight is 255 g/mol. The lowest BCUT2D eigenvalue weighted by molar-refractivity contribution is 0.0414. The van der Waals surface area contributed by atoms with Crippen LogP contribution in [0.4, 0.5) is 5.82 Å². The van der Waals surface area contributed by atoms with Gasteiger partial charge in [-0.15, -0.1) is 0 Å². The Hall–Kier alpha value is -1.28. The minimum absolute atomic E-state index is 0.314. The van der Waals surface area contributed by atoms with Crippen molar-refractivity contribution in [2.24, 2.45) is 5.84 Å². The number of aromatic nitrogens is 2. The summed E-state index contributed by atoms with van der Waals surface area (Å²) in [7, 11) is 3.45. The molecule has 0 aliphatic heterocycles. The molecule has 18 heavy (non-hydrogen) atoms. The van der Waals surface area contributed by atoms with E-state index in [0.717, 1.165) is 5.69 Å². The molecule has 1 aromatic rings. The van der Waals surface area contributed by atoms with Crippen LogP contribution in [0.3, 0.4) is 0 Å². The highest BCUT2D eigenvalue weighted by Crippen LogP contribution is 2.06. The maximum Gasteiger partial charge on any atom is 0.145 e. The maximum atomic E-state index is 9.61. The first-order valence-electron chi connectivity index (χ1n) is 5.72. The number of rotatable bonds is 7. The van der Waals surface area contributed by atoms with E-state index in [-0.39, 0.29) is 0 Å². The fourth-order valence-corrected chi connectivity index (χ4v) is 1.69. The van der Waals surface area contributed by atoms with Gasteiger partial charge in [0.25, 0.3) is 0 Å². The smallest absolute Gasteiger partial charge is 0.145 e. The van der Waals surface area contributed by atoms with Crippen LogP contribution in [-0.4, -0.2) is 53.4 Å². The highest BCUT2D eigenvalue weighted by atomic mass is 16.5. The zero-order valence-electron chi connectivity index (χ0n) is 11.1. The van der Waals surface area contributed by atoms with Crippen LogP contribution in [-0.2, 0) is 11.3 Å². The van der Waals surface area contributed by atoms with Gasteiger partial charge in [-0.25, -0.2) is 15.8 Å². The number of nitrogens with one attached hydrogen (secondary N) is 1. The van der Waals surface area contributed by atoms with Crippen LogP contribution >= 0.6 is 0 Å². The van der Waals surface area contributed by atoms with Gasteiger partial charge in [-0.1, -0.05) is 0 Å². The van der Waals surface area contributed by atoms with Crippen molar-refractivity contribution in [1.29, 1.82) is 0 Å². The Morgan fingerprint density at radius 1 is 1.56 bits per heavy atom. The maximum absolute atomic E-state index is 9.61. The van der Waals surface area contributed by atoms with Gasteiger partial charge in [0.1, 0.15) is 11.6 Å². The second-order valence-corrected chi connectivity index (χ2v) is 4.26.